The van der Waals surface area contributed by atoms with E-state index in [9.17, 15) is 9.59 Å². The quantitative estimate of drug-likeness (QED) is 0.185. The molecule has 110 valence electrons. The van der Waals surface area contributed by atoms with E-state index in [1.165, 1.54) is 6.92 Å². The van der Waals surface area contributed by atoms with Crippen molar-refractivity contribution in [2.24, 2.45) is 10.9 Å². The lowest BCUT2D eigenvalue weighted by molar-refractivity contribution is -0.120. The lowest BCUT2D eigenvalue weighted by Crippen LogP contribution is -2.23. The van der Waals surface area contributed by atoms with Crippen molar-refractivity contribution >= 4 is 17.4 Å². The van der Waals surface area contributed by atoms with Gasteiger partial charge in [0.1, 0.15) is 5.84 Å². The first-order valence-corrected chi connectivity index (χ1v) is 6.66. The van der Waals surface area contributed by atoms with Gasteiger partial charge in [-0.25, -0.2) is 0 Å². The van der Waals surface area contributed by atoms with Crippen LogP contribution in [0.25, 0.3) is 0 Å². The predicted octanol–water partition coefficient (Wildman–Crippen LogP) is 2.48. The zero-order valence-corrected chi connectivity index (χ0v) is 12.8. The summed E-state index contributed by atoms with van der Waals surface area (Å²) in [4.78, 5) is 27.5. The van der Waals surface area contributed by atoms with Gasteiger partial charge in [0.2, 0.25) is 0 Å². The molecule has 0 atom stereocenters. The van der Waals surface area contributed by atoms with Gasteiger partial charge in [0.05, 0.1) is 5.57 Å². The lowest BCUT2D eigenvalue weighted by Gasteiger charge is -2.07. The zero-order chi connectivity index (χ0) is 15.5. The molecule has 0 radical (unpaired) electrons. The number of nitrogens with zero attached hydrogens (tertiary/aromatic N) is 1. The molecular formula is C16H24N2O2. The highest BCUT2D eigenvalue weighted by atomic mass is 16.1. The Morgan fingerprint density at radius 1 is 1.35 bits per heavy atom. The maximum absolute atomic E-state index is 11.9. The van der Waals surface area contributed by atoms with Crippen LogP contribution < -0.4 is 5.32 Å². The lowest BCUT2D eigenvalue weighted by atomic mass is 9.98. The maximum atomic E-state index is 11.9. The van der Waals surface area contributed by atoms with E-state index >= 15 is 0 Å². The van der Waals surface area contributed by atoms with Gasteiger partial charge in [0.15, 0.2) is 11.6 Å². The number of allylic oxidation sites excluding steroid dienone is 3. The summed E-state index contributed by atoms with van der Waals surface area (Å²) < 4.78 is 0. The van der Waals surface area contributed by atoms with E-state index in [4.69, 9.17) is 0 Å². The Morgan fingerprint density at radius 2 is 2.00 bits per heavy atom. The Morgan fingerprint density at radius 3 is 2.45 bits per heavy atom. The first-order chi connectivity index (χ1) is 9.42. The first kappa shape index (κ1) is 18.0. The minimum atomic E-state index is -0.200. The third kappa shape index (κ3) is 7.46. The molecule has 0 aromatic rings. The van der Waals surface area contributed by atoms with Crippen LogP contribution in [0.1, 0.15) is 27.2 Å². The number of hydrogen-bond donors (Lipinski definition) is 1. The fourth-order valence-corrected chi connectivity index (χ4v) is 1.56. The van der Waals surface area contributed by atoms with Crippen molar-refractivity contribution in [2.45, 2.75) is 27.2 Å². The van der Waals surface area contributed by atoms with Crippen molar-refractivity contribution in [3.8, 4) is 0 Å². The molecule has 1 N–H and O–H groups in total. The van der Waals surface area contributed by atoms with E-state index in [1.54, 1.807) is 31.4 Å². The number of carbonyl (C=O) groups excluding carboxylic acids is 2. The smallest absolute Gasteiger partial charge is 0.166 e. The number of carbonyl (C=O) groups is 2. The van der Waals surface area contributed by atoms with E-state index in [-0.39, 0.29) is 23.1 Å². The van der Waals surface area contributed by atoms with E-state index in [0.29, 0.717) is 18.8 Å². The topological polar surface area (TPSA) is 58.5 Å². The monoisotopic (exact) mass is 276 g/mol. The van der Waals surface area contributed by atoms with Crippen LogP contribution in [-0.2, 0) is 9.59 Å². The zero-order valence-electron chi connectivity index (χ0n) is 12.8. The SMILES string of the molecule is C=C/C=C\C(=NC)NC/C=C(/C(C)=O)C(=O)CC(C)C. The third-order valence-electron chi connectivity index (χ3n) is 2.49. The van der Waals surface area contributed by atoms with Gasteiger partial charge in [-0.1, -0.05) is 38.7 Å². The maximum Gasteiger partial charge on any atom is 0.166 e. The molecule has 0 unspecified atom stereocenters. The summed E-state index contributed by atoms with van der Waals surface area (Å²) in [6, 6.07) is 0. The molecule has 0 bridgehead atoms. The van der Waals surface area contributed by atoms with Gasteiger partial charge in [-0.15, -0.1) is 0 Å². The van der Waals surface area contributed by atoms with E-state index in [2.05, 4.69) is 16.9 Å². The van der Waals surface area contributed by atoms with Crippen molar-refractivity contribution in [3.63, 3.8) is 0 Å². The van der Waals surface area contributed by atoms with Gasteiger partial charge in [-0.05, 0) is 18.9 Å². The third-order valence-corrected chi connectivity index (χ3v) is 2.49. The standard InChI is InChI=1S/C16H24N2O2/c1-6-7-8-16(17-5)18-10-9-14(13(4)19)15(20)11-12(2)3/h6-9,12H,1,10-11H2,2-5H3,(H,17,18)/b8-7-,14-9-. The van der Waals surface area contributed by atoms with Crippen LogP contribution >= 0.6 is 0 Å². The molecule has 0 fully saturated rings. The Labute approximate surface area is 121 Å². The molecule has 4 nitrogen and oxygen atoms in total. The highest BCUT2D eigenvalue weighted by Gasteiger charge is 2.15. The van der Waals surface area contributed by atoms with Gasteiger partial charge in [-0.2, -0.15) is 0 Å². The van der Waals surface area contributed by atoms with Crippen molar-refractivity contribution in [3.05, 3.63) is 36.5 Å². The van der Waals surface area contributed by atoms with Crippen LogP contribution in [0.2, 0.25) is 0 Å². The fraction of sp³-hybridized carbons (Fsp3) is 0.438. The summed E-state index contributed by atoms with van der Waals surface area (Å²) in [6.45, 7) is 9.28. The summed E-state index contributed by atoms with van der Waals surface area (Å²) in [7, 11) is 1.66. The normalized spacial score (nSPS) is 12.8. The largest absolute Gasteiger partial charge is 0.367 e. The molecule has 20 heavy (non-hydrogen) atoms. The highest BCUT2D eigenvalue weighted by molar-refractivity contribution is 6.19. The van der Waals surface area contributed by atoms with Gasteiger partial charge in [0, 0.05) is 20.0 Å². The summed E-state index contributed by atoms with van der Waals surface area (Å²) in [5, 5.41) is 3.03. The summed E-state index contributed by atoms with van der Waals surface area (Å²) in [5.41, 5.74) is 0.259. The molecule has 0 aromatic carbocycles. The van der Waals surface area contributed by atoms with E-state index < -0.39 is 0 Å². The number of hydrogen-bond acceptors (Lipinski definition) is 3. The summed E-state index contributed by atoms with van der Waals surface area (Å²) >= 11 is 0. The second-order valence-corrected chi connectivity index (χ2v) is 4.78. The number of amidine groups is 1. The second-order valence-electron chi connectivity index (χ2n) is 4.78. The number of Topliss-reactive ketones (excluding diaryl/α,β-unsaturated/α-hetero) is 2. The van der Waals surface area contributed by atoms with Crippen molar-refractivity contribution in [1.29, 1.82) is 0 Å². The van der Waals surface area contributed by atoms with Crippen molar-refractivity contribution in [1.82, 2.24) is 5.32 Å². The summed E-state index contributed by atoms with van der Waals surface area (Å²) in [6.07, 6.45) is 7.19. The van der Waals surface area contributed by atoms with Crippen molar-refractivity contribution in [2.75, 3.05) is 13.6 Å². The minimum Gasteiger partial charge on any atom is -0.367 e. The average Bonchev–Trinajstić information content (AvgIpc) is 2.36. The van der Waals surface area contributed by atoms with Crippen LogP contribution in [0.3, 0.4) is 0 Å². The fourth-order valence-electron chi connectivity index (χ4n) is 1.56. The number of aliphatic imine (C=N–C) groups is 1. The number of nitrogens with one attached hydrogen (secondary N) is 1. The van der Waals surface area contributed by atoms with Crippen LogP contribution in [0.15, 0.2) is 41.4 Å². The molecule has 0 saturated carbocycles. The molecule has 0 rings (SSSR count). The molecular weight excluding hydrogens is 252 g/mol. The van der Waals surface area contributed by atoms with Crippen LogP contribution in [0, 0.1) is 5.92 Å². The molecule has 0 aromatic heterocycles. The van der Waals surface area contributed by atoms with Gasteiger partial charge in [0.25, 0.3) is 0 Å². The Kier molecular flexibility index (Phi) is 8.92. The highest BCUT2D eigenvalue weighted by Crippen LogP contribution is 2.08. The first-order valence-electron chi connectivity index (χ1n) is 6.66. The predicted molar refractivity (Wildman–Crippen MR) is 83.9 cm³/mol. The average molecular weight is 276 g/mol. The van der Waals surface area contributed by atoms with Crippen LogP contribution in [0.5, 0.6) is 0 Å². The minimum absolute atomic E-state index is 0.106. The van der Waals surface area contributed by atoms with Crippen molar-refractivity contribution < 1.29 is 9.59 Å². The van der Waals surface area contributed by atoms with E-state index in [1.807, 2.05) is 13.8 Å². The summed E-state index contributed by atoms with van der Waals surface area (Å²) in [5.74, 6) is 0.599. The molecule has 0 spiro atoms. The number of ketones is 2. The van der Waals surface area contributed by atoms with Crippen LogP contribution in [0.4, 0.5) is 0 Å². The van der Waals surface area contributed by atoms with Gasteiger partial charge in [-0.3, -0.25) is 14.6 Å². The second kappa shape index (κ2) is 9.89. The molecule has 0 saturated heterocycles. The molecule has 0 aliphatic heterocycles. The Hall–Kier alpha value is -1.97. The molecule has 0 aliphatic carbocycles. The molecule has 4 heteroatoms. The van der Waals surface area contributed by atoms with Gasteiger partial charge < -0.3 is 5.32 Å². The van der Waals surface area contributed by atoms with Crippen LogP contribution in [-0.4, -0.2) is 31.0 Å². The Balaban J connectivity index is 4.72. The van der Waals surface area contributed by atoms with Gasteiger partial charge >= 0.3 is 0 Å². The molecule has 0 amide bonds. The molecule has 0 heterocycles. The number of rotatable bonds is 8. The van der Waals surface area contributed by atoms with E-state index in [0.717, 1.165) is 0 Å². The molecule has 0 aliphatic rings. The Bertz CT molecular complexity index is 443.